The van der Waals surface area contributed by atoms with E-state index in [0.29, 0.717) is 17.1 Å². The number of carbonyl (C=O) groups excluding carboxylic acids is 2. The van der Waals surface area contributed by atoms with E-state index in [4.69, 9.17) is 11.6 Å². The van der Waals surface area contributed by atoms with Gasteiger partial charge in [-0.2, -0.15) is 0 Å². The highest BCUT2D eigenvalue weighted by Crippen LogP contribution is 2.24. The number of nitrogens with one attached hydrogen (secondary N) is 1. The molecule has 0 saturated carbocycles. The van der Waals surface area contributed by atoms with Crippen LogP contribution in [0.15, 0.2) is 78.9 Å². The van der Waals surface area contributed by atoms with Gasteiger partial charge in [0, 0.05) is 38.0 Å². The molecule has 0 radical (unpaired) electrons. The highest BCUT2D eigenvalue weighted by Gasteiger charge is 2.30. The zero-order chi connectivity index (χ0) is 27.7. The first-order chi connectivity index (χ1) is 18.1. The van der Waals surface area contributed by atoms with Gasteiger partial charge in [0.2, 0.25) is 21.8 Å². The van der Waals surface area contributed by atoms with Gasteiger partial charge in [-0.05, 0) is 42.2 Å². The van der Waals surface area contributed by atoms with Crippen LogP contribution in [-0.2, 0) is 32.6 Å². The van der Waals surface area contributed by atoms with Gasteiger partial charge in [-0.1, -0.05) is 78.3 Å². The summed E-state index contributed by atoms with van der Waals surface area (Å²) in [5.74, 6) is -0.542. The summed E-state index contributed by atoms with van der Waals surface area (Å²) < 4.78 is 26.5. The Morgan fingerprint density at radius 2 is 1.58 bits per heavy atom. The Bertz CT molecular complexity index is 1350. The molecule has 9 heteroatoms. The molecule has 3 rings (SSSR count). The second-order valence-corrected chi connectivity index (χ2v) is 11.5. The monoisotopic (exact) mass is 555 g/mol. The van der Waals surface area contributed by atoms with Gasteiger partial charge < -0.3 is 10.2 Å². The maximum atomic E-state index is 13.7. The smallest absolute Gasteiger partial charge is 0.242 e. The molecule has 0 saturated heterocycles. The third kappa shape index (κ3) is 7.82. The SMILES string of the molecule is CNC(=O)C(Cc1ccccc1)N(Cc1ccccc1Cl)C(=O)CCCN(c1ccccc1C)S(C)(=O)=O. The van der Waals surface area contributed by atoms with E-state index in [1.807, 2.05) is 67.6 Å². The number of nitrogens with zero attached hydrogens (tertiary/aromatic N) is 2. The second kappa shape index (κ2) is 13.4. The largest absolute Gasteiger partial charge is 0.357 e. The van der Waals surface area contributed by atoms with Gasteiger partial charge in [0.05, 0.1) is 11.9 Å². The summed E-state index contributed by atoms with van der Waals surface area (Å²) in [5, 5.41) is 3.19. The van der Waals surface area contributed by atoms with Crippen molar-refractivity contribution in [2.24, 2.45) is 0 Å². The van der Waals surface area contributed by atoms with E-state index >= 15 is 0 Å². The second-order valence-electron chi connectivity index (χ2n) is 9.16. The Kier molecular flexibility index (Phi) is 10.3. The summed E-state index contributed by atoms with van der Waals surface area (Å²) in [6.07, 6.45) is 1.83. The number of aryl methyl sites for hydroxylation is 1. The molecule has 1 unspecified atom stereocenters. The molecule has 2 amide bonds. The van der Waals surface area contributed by atoms with Crippen LogP contribution in [0.1, 0.15) is 29.5 Å². The summed E-state index contributed by atoms with van der Waals surface area (Å²) in [6.45, 7) is 2.14. The number of para-hydroxylation sites is 1. The number of halogens is 1. The van der Waals surface area contributed by atoms with Gasteiger partial charge in [-0.3, -0.25) is 13.9 Å². The molecule has 0 spiro atoms. The van der Waals surface area contributed by atoms with Crippen LogP contribution in [0.4, 0.5) is 5.69 Å². The van der Waals surface area contributed by atoms with Crippen molar-refractivity contribution in [1.82, 2.24) is 10.2 Å². The van der Waals surface area contributed by atoms with Crippen LogP contribution in [0.25, 0.3) is 0 Å². The Balaban J connectivity index is 1.86. The summed E-state index contributed by atoms with van der Waals surface area (Å²) in [5.41, 5.74) is 3.05. The zero-order valence-corrected chi connectivity index (χ0v) is 23.5. The van der Waals surface area contributed by atoms with Gasteiger partial charge >= 0.3 is 0 Å². The van der Waals surface area contributed by atoms with E-state index in [1.54, 1.807) is 30.1 Å². The Morgan fingerprint density at radius 1 is 0.947 bits per heavy atom. The average Bonchev–Trinajstić information content (AvgIpc) is 2.89. The van der Waals surface area contributed by atoms with E-state index in [-0.39, 0.29) is 37.7 Å². The molecule has 3 aromatic rings. The molecule has 0 aromatic heterocycles. The molecule has 0 aliphatic heterocycles. The quantitative estimate of drug-likeness (QED) is 0.354. The lowest BCUT2D eigenvalue weighted by atomic mass is 10.0. The number of rotatable bonds is 12. The minimum Gasteiger partial charge on any atom is -0.357 e. The lowest BCUT2D eigenvalue weighted by Crippen LogP contribution is -2.49. The Morgan fingerprint density at radius 3 is 2.21 bits per heavy atom. The maximum absolute atomic E-state index is 13.7. The summed E-state index contributed by atoms with van der Waals surface area (Å²) in [6, 6.07) is 23.2. The van der Waals surface area contributed by atoms with E-state index in [0.717, 1.165) is 22.9 Å². The topological polar surface area (TPSA) is 86.8 Å². The highest BCUT2D eigenvalue weighted by atomic mass is 35.5. The molecule has 3 aromatic carbocycles. The number of hydrogen-bond donors (Lipinski definition) is 1. The Labute approximate surface area is 230 Å². The first kappa shape index (κ1) is 29.2. The number of sulfonamides is 1. The van der Waals surface area contributed by atoms with Gasteiger partial charge in [0.25, 0.3) is 0 Å². The molecule has 0 aliphatic rings. The molecule has 0 heterocycles. The predicted octanol–water partition coefficient (Wildman–Crippen LogP) is 4.58. The number of amides is 2. The molecule has 1 N–H and O–H groups in total. The van der Waals surface area contributed by atoms with Crippen molar-refractivity contribution >= 4 is 39.1 Å². The van der Waals surface area contributed by atoms with Crippen molar-refractivity contribution in [2.75, 3.05) is 24.2 Å². The predicted molar refractivity (Wildman–Crippen MR) is 153 cm³/mol. The van der Waals surface area contributed by atoms with Crippen LogP contribution in [0.2, 0.25) is 5.02 Å². The van der Waals surface area contributed by atoms with Gasteiger partial charge in [-0.25, -0.2) is 8.42 Å². The van der Waals surface area contributed by atoms with Crippen LogP contribution < -0.4 is 9.62 Å². The normalized spacial score (nSPS) is 12.0. The van der Waals surface area contributed by atoms with Crippen LogP contribution in [0.3, 0.4) is 0 Å². The molecule has 38 heavy (non-hydrogen) atoms. The van der Waals surface area contributed by atoms with Crippen LogP contribution in [0, 0.1) is 6.92 Å². The van der Waals surface area contributed by atoms with Crippen molar-refractivity contribution in [3.05, 3.63) is 101 Å². The van der Waals surface area contributed by atoms with Crippen LogP contribution >= 0.6 is 11.6 Å². The van der Waals surface area contributed by atoms with Crippen molar-refractivity contribution in [3.63, 3.8) is 0 Å². The molecule has 0 bridgehead atoms. The minimum absolute atomic E-state index is 0.0602. The van der Waals surface area contributed by atoms with Crippen molar-refractivity contribution in [3.8, 4) is 0 Å². The summed E-state index contributed by atoms with van der Waals surface area (Å²) >= 11 is 6.42. The zero-order valence-electron chi connectivity index (χ0n) is 21.9. The third-order valence-corrected chi connectivity index (χ3v) is 7.90. The fourth-order valence-corrected chi connectivity index (χ4v) is 5.57. The van der Waals surface area contributed by atoms with E-state index in [1.165, 1.54) is 4.31 Å². The van der Waals surface area contributed by atoms with Crippen LogP contribution in [0.5, 0.6) is 0 Å². The fraction of sp³-hybridized carbons (Fsp3) is 0.310. The van der Waals surface area contributed by atoms with Crippen molar-refractivity contribution in [1.29, 1.82) is 0 Å². The van der Waals surface area contributed by atoms with E-state index in [2.05, 4.69) is 5.32 Å². The number of likely N-dealkylation sites (N-methyl/N-ethyl adjacent to an activating group) is 1. The Hall–Kier alpha value is -3.36. The number of benzene rings is 3. The minimum atomic E-state index is -3.56. The molecule has 0 aliphatic carbocycles. The van der Waals surface area contributed by atoms with E-state index in [9.17, 15) is 18.0 Å². The van der Waals surface area contributed by atoms with Gasteiger partial charge in [0.1, 0.15) is 6.04 Å². The lowest BCUT2D eigenvalue weighted by molar-refractivity contribution is -0.141. The number of hydrogen-bond acceptors (Lipinski definition) is 4. The summed E-state index contributed by atoms with van der Waals surface area (Å²) in [7, 11) is -2.01. The molecular weight excluding hydrogens is 522 g/mol. The standard InChI is InChI=1S/C29H34ClN3O4S/c1-22-12-7-10-17-26(22)33(38(3,36)37)19-11-18-28(34)32(21-24-15-8-9-16-25(24)30)27(29(35)31-2)20-23-13-5-4-6-14-23/h4-10,12-17,27H,11,18-21H2,1-3H3,(H,31,35). The molecule has 1 atom stereocenters. The maximum Gasteiger partial charge on any atom is 0.242 e. The summed E-state index contributed by atoms with van der Waals surface area (Å²) in [4.78, 5) is 28.3. The highest BCUT2D eigenvalue weighted by molar-refractivity contribution is 7.92. The fourth-order valence-electron chi connectivity index (χ4n) is 4.36. The van der Waals surface area contributed by atoms with Crippen molar-refractivity contribution < 1.29 is 18.0 Å². The van der Waals surface area contributed by atoms with E-state index < -0.39 is 16.1 Å². The first-order valence-electron chi connectivity index (χ1n) is 12.4. The molecular formula is C29H34ClN3O4S. The number of carbonyl (C=O) groups is 2. The van der Waals surface area contributed by atoms with Crippen molar-refractivity contribution in [2.45, 2.75) is 38.8 Å². The molecule has 0 fully saturated rings. The molecule has 7 nitrogen and oxygen atoms in total. The number of anilines is 1. The molecule has 202 valence electrons. The van der Waals surface area contributed by atoms with Crippen LogP contribution in [-0.4, -0.2) is 51.0 Å². The third-order valence-electron chi connectivity index (χ3n) is 6.35. The lowest BCUT2D eigenvalue weighted by Gasteiger charge is -2.32. The first-order valence-corrected chi connectivity index (χ1v) is 14.7. The van der Waals surface area contributed by atoms with Gasteiger partial charge in [-0.15, -0.1) is 0 Å². The van der Waals surface area contributed by atoms with Gasteiger partial charge in [0.15, 0.2) is 0 Å². The average molecular weight is 556 g/mol.